The normalized spacial score (nSPS) is 18.4. The van der Waals surface area contributed by atoms with Crippen molar-refractivity contribution in [1.29, 1.82) is 5.26 Å². The van der Waals surface area contributed by atoms with Crippen LogP contribution in [0, 0.1) is 11.5 Å². The van der Waals surface area contributed by atoms with Crippen molar-refractivity contribution in [3.63, 3.8) is 0 Å². The van der Waals surface area contributed by atoms with Crippen molar-refractivity contribution in [2.75, 3.05) is 12.3 Å². The van der Waals surface area contributed by atoms with Crippen molar-refractivity contribution in [1.82, 2.24) is 19.7 Å². The number of esters is 1. The maximum absolute atomic E-state index is 13.9. The number of carbonyl (C=O) groups is 1. The average molecular weight is 589 g/mol. The predicted octanol–water partition coefficient (Wildman–Crippen LogP) is 2.63. The Kier molecular flexibility index (Phi) is 10.1. The second-order valence-electron chi connectivity index (χ2n) is 9.63. The fraction of sp³-hybridized carbons (Fsp3) is 0.462. The third-order valence-corrected chi connectivity index (χ3v) is 8.28. The standard InChI is InChI=1S/C26H33N6O8P/c1-17(26(35)39-18-8-4-2-5-9-18)31-41(36,40-19-10-6-3-7-11-19)38-14-22(37-15-27)24(34)23(33)20-12-13-21-25(28)29-16-30-32(20)21/h3,6-7,10-13,16-18,22-24,33-34H,2,4-5,8-9,14H2,1H3,(H,31,36)(H2,28,29,30)/t17-,22+,23-,24+,41?/m0/s1. The number of hydrogen-bond acceptors (Lipinski definition) is 12. The molecule has 2 heterocycles. The summed E-state index contributed by atoms with van der Waals surface area (Å²) in [6.07, 6.45) is 2.09. The minimum atomic E-state index is -4.33. The Hall–Kier alpha value is -3.73. The van der Waals surface area contributed by atoms with Crippen LogP contribution in [0.15, 0.2) is 48.8 Å². The van der Waals surface area contributed by atoms with Gasteiger partial charge in [0.1, 0.15) is 41.9 Å². The van der Waals surface area contributed by atoms with E-state index >= 15 is 0 Å². The topological polar surface area (TPSA) is 204 Å². The Morgan fingerprint density at radius 2 is 1.95 bits per heavy atom. The summed E-state index contributed by atoms with van der Waals surface area (Å²) in [5.41, 5.74) is 6.36. The minimum Gasteiger partial charge on any atom is -0.461 e. The summed E-state index contributed by atoms with van der Waals surface area (Å²) in [5.74, 6) is -0.298. The first kappa shape index (κ1) is 30.2. The Morgan fingerprint density at radius 1 is 1.22 bits per heavy atom. The molecule has 0 aliphatic heterocycles. The summed E-state index contributed by atoms with van der Waals surface area (Å²) in [7, 11) is -4.33. The molecular formula is C26H33N6O8P. The van der Waals surface area contributed by atoms with E-state index in [-0.39, 0.29) is 23.4 Å². The van der Waals surface area contributed by atoms with Crippen molar-refractivity contribution >= 4 is 25.1 Å². The second-order valence-corrected chi connectivity index (χ2v) is 11.3. The van der Waals surface area contributed by atoms with Crippen molar-refractivity contribution < 1.29 is 38.1 Å². The minimum absolute atomic E-state index is 0.133. The van der Waals surface area contributed by atoms with Crippen molar-refractivity contribution in [2.45, 2.75) is 69.5 Å². The molecule has 0 radical (unpaired) electrons. The first-order valence-electron chi connectivity index (χ1n) is 13.2. The Bertz CT molecular complexity index is 1390. The highest BCUT2D eigenvalue weighted by molar-refractivity contribution is 7.52. The molecular weight excluding hydrogens is 555 g/mol. The highest BCUT2D eigenvalue weighted by atomic mass is 31.2. The van der Waals surface area contributed by atoms with Crippen LogP contribution in [0.5, 0.6) is 5.75 Å². The van der Waals surface area contributed by atoms with Crippen LogP contribution in [-0.2, 0) is 23.4 Å². The smallest absolute Gasteiger partial charge is 0.459 e. The number of nitriles is 1. The number of para-hydroxylation sites is 1. The zero-order chi connectivity index (χ0) is 29.4. The van der Waals surface area contributed by atoms with Gasteiger partial charge in [-0.05, 0) is 56.9 Å². The molecule has 4 rings (SSSR count). The Balaban J connectivity index is 1.49. The maximum Gasteiger partial charge on any atom is 0.459 e. The Morgan fingerprint density at radius 3 is 2.66 bits per heavy atom. The number of aliphatic hydroxyl groups is 2. The molecule has 14 nitrogen and oxygen atoms in total. The number of fused-ring (bicyclic) bond motifs is 1. The highest BCUT2D eigenvalue weighted by Gasteiger charge is 2.38. The van der Waals surface area contributed by atoms with Crippen molar-refractivity contribution in [2.24, 2.45) is 0 Å². The lowest BCUT2D eigenvalue weighted by atomic mass is 9.98. The molecule has 1 aliphatic rings. The third-order valence-electron chi connectivity index (χ3n) is 6.64. The molecule has 15 heteroatoms. The van der Waals surface area contributed by atoms with Gasteiger partial charge in [-0.1, -0.05) is 24.6 Å². The molecule has 0 saturated heterocycles. The predicted molar refractivity (Wildman–Crippen MR) is 145 cm³/mol. The molecule has 0 bridgehead atoms. The van der Waals surface area contributed by atoms with E-state index in [1.807, 2.05) is 0 Å². The number of aliphatic hydroxyl groups excluding tert-OH is 2. The Labute approximate surface area is 236 Å². The van der Waals surface area contributed by atoms with Gasteiger partial charge in [-0.3, -0.25) is 9.32 Å². The lowest BCUT2D eigenvalue weighted by molar-refractivity contribution is -0.152. The molecule has 3 aromatic rings. The van der Waals surface area contributed by atoms with Crippen molar-refractivity contribution in [3.8, 4) is 12.0 Å². The lowest BCUT2D eigenvalue weighted by Crippen LogP contribution is -2.40. The first-order valence-corrected chi connectivity index (χ1v) is 14.7. The number of benzene rings is 1. The summed E-state index contributed by atoms with van der Waals surface area (Å²) in [4.78, 5) is 16.6. The van der Waals surface area contributed by atoms with Crippen LogP contribution < -0.4 is 15.3 Å². The summed E-state index contributed by atoms with van der Waals surface area (Å²) >= 11 is 0. The van der Waals surface area contributed by atoms with Gasteiger partial charge in [-0.15, -0.1) is 0 Å². The van der Waals surface area contributed by atoms with Gasteiger partial charge < -0.3 is 29.9 Å². The van der Waals surface area contributed by atoms with Crippen LogP contribution in [0.2, 0.25) is 0 Å². The molecule has 1 fully saturated rings. The van der Waals surface area contributed by atoms with Crippen LogP contribution in [-0.4, -0.2) is 61.7 Å². The number of nitrogens with one attached hydrogen (secondary N) is 1. The number of rotatable bonds is 13. The molecule has 2 aromatic heterocycles. The second kappa shape index (κ2) is 13.8. The first-order chi connectivity index (χ1) is 19.7. The van der Waals surface area contributed by atoms with E-state index in [0.29, 0.717) is 5.52 Å². The van der Waals surface area contributed by atoms with Crippen LogP contribution >= 0.6 is 7.75 Å². The van der Waals surface area contributed by atoms with Gasteiger partial charge in [-0.25, -0.2) is 14.1 Å². The van der Waals surface area contributed by atoms with E-state index < -0.39 is 44.7 Å². The lowest BCUT2D eigenvalue weighted by Gasteiger charge is -2.28. The average Bonchev–Trinajstić information content (AvgIpc) is 3.41. The molecule has 0 spiro atoms. The van der Waals surface area contributed by atoms with Gasteiger partial charge >= 0.3 is 13.7 Å². The third kappa shape index (κ3) is 7.72. The van der Waals surface area contributed by atoms with Gasteiger partial charge in [0.25, 0.3) is 6.26 Å². The van der Waals surface area contributed by atoms with E-state index in [1.54, 1.807) is 24.3 Å². The van der Waals surface area contributed by atoms with Crippen molar-refractivity contribution in [3.05, 3.63) is 54.5 Å². The van der Waals surface area contributed by atoms with E-state index in [2.05, 4.69) is 15.2 Å². The fourth-order valence-corrected chi connectivity index (χ4v) is 5.97. The molecule has 1 aliphatic carbocycles. The molecule has 1 saturated carbocycles. The number of hydrogen-bond donors (Lipinski definition) is 4. The van der Waals surface area contributed by atoms with Crippen LogP contribution in [0.3, 0.4) is 0 Å². The van der Waals surface area contributed by atoms with E-state index in [1.165, 1.54) is 42.2 Å². The molecule has 41 heavy (non-hydrogen) atoms. The highest BCUT2D eigenvalue weighted by Crippen LogP contribution is 2.45. The molecule has 220 valence electrons. The summed E-state index contributed by atoms with van der Waals surface area (Å²) in [6.45, 7) is 0.788. The fourth-order valence-electron chi connectivity index (χ4n) is 4.47. The zero-order valence-electron chi connectivity index (χ0n) is 22.4. The van der Waals surface area contributed by atoms with Gasteiger partial charge in [-0.2, -0.15) is 15.4 Å². The zero-order valence-corrected chi connectivity index (χ0v) is 23.3. The van der Waals surface area contributed by atoms with Gasteiger partial charge in [0, 0.05) is 0 Å². The number of nitrogens with zero attached hydrogens (tertiary/aromatic N) is 4. The van der Waals surface area contributed by atoms with Crippen LogP contribution in [0.25, 0.3) is 5.52 Å². The number of nitrogens with two attached hydrogens (primary N) is 1. The van der Waals surface area contributed by atoms with Gasteiger partial charge in [0.15, 0.2) is 11.9 Å². The van der Waals surface area contributed by atoms with Gasteiger partial charge in [0.2, 0.25) is 0 Å². The summed E-state index contributed by atoms with van der Waals surface area (Å²) in [5, 5.41) is 37.6. The molecule has 1 unspecified atom stereocenters. The molecule has 0 amide bonds. The van der Waals surface area contributed by atoms with E-state index in [9.17, 15) is 24.8 Å². The number of carbonyl (C=O) groups excluding carboxylic acids is 1. The van der Waals surface area contributed by atoms with Crippen LogP contribution in [0.1, 0.15) is 50.8 Å². The summed E-state index contributed by atoms with van der Waals surface area (Å²) in [6, 6.07) is 10.1. The summed E-state index contributed by atoms with van der Waals surface area (Å²) < 4.78 is 36.9. The van der Waals surface area contributed by atoms with E-state index in [0.717, 1.165) is 32.1 Å². The largest absolute Gasteiger partial charge is 0.461 e. The van der Waals surface area contributed by atoms with Gasteiger partial charge in [0.05, 0.1) is 12.3 Å². The number of anilines is 1. The molecule has 5 atom stereocenters. The van der Waals surface area contributed by atoms with E-state index in [4.69, 9.17) is 24.3 Å². The maximum atomic E-state index is 13.9. The SMILES string of the molecule is C[C@H](NP(=O)(OC[C@@H](OC#N)[C@@H](O)[C@@H](O)c1ccc2c(N)ncnn12)Oc1ccccc1)C(=O)OC1CCCCC1. The monoisotopic (exact) mass is 588 g/mol. The number of nitrogen functional groups attached to an aromatic ring is 1. The molecule has 5 N–H and O–H groups in total. The quantitative estimate of drug-likeness (QED) is 0.129. The number of ether oxygens (including phenoxy) is 2. The van der Waals surface area contributed by atoms with Crippen LogP contribution in [0.4, 0.5) is 5.82 Å². The molecule has 1 aromatic carbocycles. The number of aromatic nitrogens is 3.